The van der Waals surface area contributed by atoms with E-state index in [4.69, 9.17) is 4.74 Å². The second-order valence-corrected chi connectivity index (χ2v) is 5.95. The van der Waals surface area contributed by atoms with Crippen molar-refractivity contribution in [2.24, 2.45) is 5.92 Å². The molecule has 0 aromatic heterocycles. The fourth-order valence-electron chi connectivity index (χ4n) is 3.02. The normalized spacial score (nSPS) is 15.6. The third-order valence-corrected chi connectivity index (χ3v) is 4.51. The minimum absolute atomic E-state index is 0.491. The summed E-state index contributed by atoms with van der Waals surface area (Å²) < 4.78 is 5.53. The van der Waals surface area contributed by atoms with Crippen LogP contribution in [0.2, 0.25) is 0 Å². The van der Waals surface area contributed by atoms with Crippen LogP contribution in [0.25, 0.3) is 0 Å². The molecule has 1 atom stereocenters. The third kappa shape index (κ3) is 3.83. The number of hydrogen-bond acceptors (Lipinski definition) is 2. The van der Waals surface area contributed by atoms with E-state index in [2.05, 4.69) is 44.3 Å². The first-order chi connectivity index (χ1) is 9.78. The molecule has 0 amide bonds. The Morgan fingerprint density at radius 1 is 1.10 bits per heavy atom. The minimum atomic E-state index is 0.491. The largest absolute Gasteiger partial charge is 0.372 e. The maximum atomic E-state index is 5.53. The molecule has 0 saturated heterocycles. The highest BCUT2D eigenvalue weighted by Crippen LogP contribution is 2.29. The molecular weight excluding hydrogens is 246 g/mol. The molecule has 2 nitrogen and oxygen atoms in total. The molecule has 0 aliphatic carbocycles. The van der Waals surface area contributed by atoms with E-state index in [1.165, 1.54) is 42.4 Å². The number of nitrogens with one attached hydrogen (secondary N) is 1. The van der Waals surface area contributed by atoms with Crippen molar-refractivity contribution in [3.05, 3.63) is 34.9 Å². The minimum Gasteiger partial charge on any atom is -0.372 e. The average molecular weight is 275 g/mol. The van der Waals surface area contributed by atoms with Crippen molar-refractivity contribution in [3.63, 3.8) is 0 Å². The van der Waals surface area contributed by atoms with Gasteiger partial charge in [0.25, 0.3) is 0 Å². The average Bonchev–Trinajstić information content (AvgIpc) is 2.95. The van der Waals surface area contributed by atoms with E-state index in [9.17, 15) is 0 Å². The lowest BCUT2D eigenvalue weighted by Crippen LogP contribution is -2.24. The lowest BCUT2D eigenvalue weighted by atomic mass is 9.90. The smallest absolute Gasteiger partial charge is 0.0725 e. The predicted molar refractivity (Wildman–Crippen MR) is 84.7 cm³/mol. The fraction of sp³-hybridized carbons (Fsp3) is 0.667. The van der Waals surface area contributed by atoms with Crippen molar-refractivity contribution >= 4 is 0 Å². The van der Waals surface area contributed by atoms with E-state index in [0.717, 1.165) is 25.7 Å². The summed E-state index contributed by atoms with van der Waals surface area (Å²) in [4.78, 5) is 0. The second kappa shape index (κ2) is 7.80. The standard InChI is InChI=1S/C18H29NO/c1-4-9-19-18(10-14(5-2)6-3)15-7-8-16-12-20-13-17(16)11-15/h7-8,11,14,18-19H,4-6,9-10,12-13H2,1-3H3. The van der Waals surface area contributed by atoms with Crippen LogP contribution in [-0.4, -0.2) is 6.54 Å². The van der Waals surface area contributed by atoms with Crippen molar-refractivity contribution in [1.82, 2.24) is 5.32 Å². The highest BCUT2D eigenvalue weighted by atomic mass is 16.5. The zero-order valence-electron chi connectivity index (χ0n) is 13.2. The maximum Gasteiger partial charge on any atom is 0.0725 e. The van der Waals surface area contributed by atoms with Gasteiger partial charge in [0.05, 0.1) is 13.2 Å². The van der Waals surface area contributed by atoms with E-state index in [0.29, 0.717) is 6.04 Å². The Kier molecular flexibility index (Phi) is 6.06. The SMILES string of the molecule is CCCNC(CC(CC)CC)c1ccc2c(c1)COC2. The second-order valence-electron chi connectivity index (χ2n) is 5.95. The predicted octanol–water partition coefficient (Wildman–Crippen LogP) is 4.58. The molecule has 1 aromatic carbocycles. The third-order valence-electron chi connectivity index (χ3n) is 4.51. The quantitative estimate of drug-likeness (QED) is 0.749. The van der Waals surface area contributed by atoms with Gasteiger partial charge in [-0.25, -0.2) is 0 Å². The number of rotatable bonds is 8. The summed E-state index contributed by atoms with van der Waals surface area (Å²) in [5, 5.41) is 3.74. The summed E-state index contributed by atoms with van der Waals surface area (Å²) in [5.41, 5.74) is 4.19. The van der Waals surface area contributed by atoms with Crippen molar-refractivity contribution in [2.75, 3.05) is 6.54 Å². The number of hydrogen-bond donors (Lipinski definition) is 1. The Morgan fingerprint density at radius 3 is 2.55 bits per heavy atom. The van der Waals surface area contributed by atoms with Gasteiger partial charge in [0.2, 0.25) is 0 Å². The molecule has 0 saturated carbocycles. The highest BCUT2D eigenvalue weighted by molar-refractivity contribution is 5.34. The van der Waals surface area contributed by atoms with Gasteiger partial charge in [0.15, 0.2) is 0 Å². The molecule has 0 bridgehead atoms. The lowest BCUT2D eigenvalue weighted by molar-refractivity contribution is 0.134. The molecule has 2 rings (SSSR count). The Balaban J connectivity index is 2.12. The molecule has 2 heteroatoms. The maximum absolute atomic E-state index is 5.53. The van der Waals surface area contributed by atoms with E-state index in [1.54, 1.807) is 0 Å². The molecule has 20 heavy (non-hydrogen) atoms. The van der Waals surface area contributed by atoms with Crippen LogP contribution in [0, 0.1) is 5.92 Å². The molecule has 0 fully saturated rings. The Morgan fingerprint density at radius 2 is 1.85 bits per heavy atom. The van der Waals surface area contributed by atoms with Gasteiger partial charge >= 0.3 is 0 Å². The number of ether oxygens (including phenoxy) is 1. The van der Waals surface area contributed by atoms with Crippen LogP contribution in [-0.2, 0) is 18.0 Å². The van der Waals surface area contributed by atoms with Crippen molar-refractivity contribution in [3.8, 4) is 0 Å². The zero-order chi connectivity index (χ0) is 14.4. The number of fused-ring (bicyclic) bond motifs is 1. The molecule has 1 heterocycles. The molecule has 1 aliphatic rings. The van der Waals surface area contributed by atoms with Crippen LogP contribution in [0.3, 0.4) is 0 Å². The topological polar surface area (TPSA) is 21.3 Å². The van der Waals surface area contributed by atoms with Gasteiger partial charge in [-0.2, -0.15) is 0 Å². The molecule has 1 N–H and O–H groups in total. The summed E-state index contributed by atoms with van der Waals surface area (Å²) >= 11 is 0. The lowest BCUT2D eigenvalue weighted by Gasteiger charge is -2.24. The Hall–Kier alpha value is -0.860. The molecular formula is C18H29NO. The summed E-state index contributed by atoms with van der Waals surface area (Å²) in [6.45, 7) is 9.52. The number of benzene rings is 1. The van der Waals surface area contributed by atoms with Gasteiger partial charge in [0.1, 0.15) is 0 Å². The Bertz CT molecular complexity index is 412. The van der Waals surface area contributed by atoms with Crippen molar-refractivity contribution < 1.29 is 4.74 Å². The van der Waals surface area contributed by atoms with Crippen LogP contribution in [0.1, 0.15) is 69.2 Å². The van der Waals surface area contributed by atoms with Gasteiger partial charge in [-0.05, 0) is 42.0 Å². The molecule has 1 unspecified atom stereocenters. The monoisotopic (exact) mass is 275 g/mol. The van der Waals surface area contributed by atoms with Gasteiger partial charge in [-0.1, -0.05) is 51.8 Å². The van der Waals surface area contributed by atoms with Crippen LogP contribution in [0.15, 0.2) is 18.2 Å². The van der Waals surface area contributed by atoms with Crippen molar-refractivity contribution in [1.29, 1.82) is 0 Å². The van der Waals surface area contributed by atoms with E-state index < -0.39 is 0 Å². The molecule has 1 aliphatic heterocycles. The summed E-state index contributed by atoms with van der Waals surface area (Å²) in [7, 11) is 0. The first-order valence-corrected chi connectivity index (χ1v) is 8.21. The van der Waals surface area contributed by atoms with E-state index in [-0.39, 0.29) is 0 Å². The zero-order valence-corrected chi connectivity index (χ0v) is 13.2. The summed E-state index contributed by atoms with van der Waals surface area (Å²) in [6.07, 6.45) is 4.98. The van der Waals surface area contributed by atoms with Crippen LogP contribution < -0.4 is 5.32 Å². The van der Waals surface area contributed by atoms with Crippen LogP contribution >= 0.6 is 0 Å². The first-order valence-electron chi connectivity index (χ1n) is 8.21. The molecule has 0 spiro atoms. The summed E-state index contributed by atoms with van der Waals surface area (Å²) in [6, 6.07) is 7.40. The van der Waals surface area contributed by atoms with Gasteiger partial charge in [0, 0.05) is 6.04 Å². The fourth-order valence-corrected chi connectivity index (χ4v) is 3.02. The van der Waals surface area contributed by atoms with Gasteiger partial charge in [-0.3, -0.25) is 0 Å². The van der Waals surface area contributed by atoms with Crippen LogP contribution in [0.5, 0.6) is 0 Å². The van der Waals surface area contributed by atoms with E-state index in [1.807, 2.05) is 0 Å². The van der Waals surface area contributed by atoms with Crippen LogP contribution in [0.4, 0.5) is 0 Å². The molecule has 1 aromatic rings. The van der Waals surface area contributed by atoms with Gasteiger partial charge < -0.3 is 10.1 Å². The van der Waals surface area contributed by atoms with Crippen molar-refractivity contribution in [2.45, 2.75) is 65.7 Å². The van der Waals surface area contributed by atoms with Gasteiger partial charge in [-0.15, -0.1) is 0 Å². The molecule has 0 radical (unpaired) electrons. The Labute approximate surface area is 123 Å². The highest BCUT2D eigenvalue weighted by Gasteiger charge is 2.18. The first kappa shape index (κ1) is 15.5. The molecule has 112 valence electrons. The van der Waals surface area contributed by atoms with E-state index >= 15 is 0 Å². The summed E-state index contributed by atoms with van der Waals surface area (Å²) in [5.74, 6) is 0.814.